The van der Waals surface area contributed by atoms with E-state index in [2.05, 4.69) is 6.92 Å². The maximum atomic E-state index is 11.9. The normalized spacial score (nSPS) is 21.1. The molecule has 1 aliphatic rings. The van der Waals surface area contributed by atoms with Crippen molar-refractivity contribution in [2.45, 2.75) is 19.8 Å². The number of hydrogen-bond acceptors (Lipinski definition) is 3. The number of nitrogens with zero attached hydrogens (tertiary/aromatic N) is 2. The van der Waals surface area contributed by atoms with Gasteiger partial charge in [0.25, 0.3) is 10.2 Å². The zero-order valence-corrected chi connectivity index (χ0v) is 10.2. The SMILES string of the molecule is CC1CCN(S(=O)(=O)N(C)CCO)CC1. The van der Waals surface area contributed by atoms with Gasteiger partial charge in [-0.1, -0.05) is 6.92 Å². The molecule has 0 radical (unpaired) electrons. The van der Waals surface area contributed by atoms with E-state index < -0.39 is 10.2 Å². The van der Waals surface area contributed by atoms with E-state index in [1.54, 1.807) is 0 Å². The number of aliphatic hydroxyl groups is 1. The van der Waals surface area contributed by atoms with Crippen LogP contribution < -0.4 is 0 Å². The zero-order chi connectivity index (χ0) is 11.5. The van der Waals surface area contributed by atoms with Gasteiger partial charge in [0.2, 0.25) is 0 Å². The molecule has 6 heteroatoms. The highest BCUT2D eigenvalue weighted by Gasteiger charge is 2.29. The first-order valence-corrected chi connectivity index (χ1v) is 6.70. The van der Waals surface area contributed by atoms with Crippen LogP contribution in [0.5, 0.6) is 0 Å². The van der Waals surface area contributed by atoms with Crippen LogP contribution in [0.1, 0.15) is 19.8 Å². The molecule has 0 bridgehead atoms. The van der Waals surface area contributed by atoms with Crippen LogP contribution in [0, 0.1) is 5.92 Å². The Labute approximate surface area is 91.9 Å². The van der Waals surface area contributed by atoms with Crippen LogP contribution in [0.25, 0.3) is 0 Å². The first kappa shape index (κ1) is 12.9. The van der Waals surface area contributed by atoms with Crippen molar-refractivity contribution in [2.24, 2.45) is 5.92 Å². The molecule has 0 saturated carbocycles. The number of likely N-dealkylation sites (N-methyl/N-ethyl adjacent to an activating group) is 1. The fourth-order valence-corrected chi connectivity index (χ4v) is 3.05. The third-order valence-corrected chi connectivity index (χ3v) is 4.87. The molecule has 0 spiro atoms. The molecule has 90 valence electrons. The lowest BCUT2D eigenvalue weighted by atomic mass is 10.0. The summed E-state index contributed by atoms with van der Waals surface area (Å²) < 4.78 is 26.6. The van der Waals surface area contributed by atoms with Gasteiger partial charge >= 0.3 is 0 Å². The second-order valence-electron chi connectivity index (χ2n) is 4.13. The lowest BCUT2D eigenvalue weighted by Gasteiger charge is -2.32. The van der Waals surface area contributed by atoms with Gasteiger partial charge in [-0.3, -0.25) is 0 Å². The number of rotatable bonds is 4. The Morgan fingerprint density at radius 1 is 1.40 bits per heavy atom. The summed E-state index contributed by atoms with van der Waals surface area (Å²) in [6.07, 6.45) is 1.85. The van der Waals surface area contributed by atoms with Crippen molar-refractivity contribution in [1.29, 1.82) is 0 Å². The molecule has 1 aliphatic heterocycles. The molecule has 1 saturated heterocycles. The predicted octanol–water partition coefficient (Wildman–Crippen LogP) is -0.113. The summed E-state index contributed by atoms with van der Waals surface area (Å²) >= 11 is 0. The summed E-state index contributed by atoms with van der Waals surface area (Å²) in [6.45, 7) is 3.36. The molecule has 0 aromatic heterocycles. The molecule has 0 aliphatic carbocycles. The third kappa shape index (κ3) is 3.14. The lowest BCUT2D eigenvalue weighted by Crippen LogP contribution is -2.46. The average Bonchev–Trinajstić information content (AvgIpc) is 2.18. The Hall–Kier alpha value is -0.170. The summed E-state index contributed by atoms with van der Waals surface area (Å²) in [5.74, 6) is 0.611. The van der Waals surface area contributed by atoms with E-state index in [9.17, 15) is 8.42 Å². The van der Waals surface area contributed by atoms with Crippen LogP contribution in [0.4, 0.5) is 0 Å². The Morgan fingerprint density at radius 3 is 2.40 bits per heavy atom. The number of hydrogen-bond donors (Lipinski definition) is 1. The summed E-state index contributed by atoms with van der Waals surface area (Å²) in [6, 6.07) is 0. The van der Waals surface area contributed by atoms with Crippen molar-refractivity contribution < 1.29 is 13.5 Å². The van der Waals surface area contributed by atoms with E-state index in [4.69, 9.17) is 5.11 Å². The highest BCUT2D eigenvalue weighted by atomic mass is 32.2. The van der Waals surface area contributed by atoms with Gasteiger partial charge in [-0.15, -0.1) is 0 Å². The van der Waals surface area contributed by atoms with E-state index in [0.717, 1.165) is 12.8 Å². The molecular formula is C9H20N2O3S. The van der Waals surface area contributed by atoms with Crippen LogP contribution >= 0.6 is 0 Å². The average molecular weight is 236 g/mol. The molecule has 0 unspecified atom stereocenters. The molecule has 0 aromatic carbocycles. The van der Waals surface area contributed by atoms with Crippen molar-refractivity contribution in [1.82, 2.24) is 8.61 Å². The van der Waals surface area contributed by atoms with E-state index in [0.29, 0.717) is 19.0 Å². The van der Waals surface area contributed by atoms with Gasteiger partial charge in [-0.05, 0) is 18.8 Å². The van der Waals surface area contributed by atoms with Crippen molar-refractivity contribution in [2.75, 3.05) is 33.3 Å². The van der Waals surface area contributed by atoms with Crippen LogP contribution in [-0.2, 0) is 10.2 Å². The van der Waals surface area contributed by atoms with Gasteiger partial charge in [-0.25, -0.2) is 0 Å². The molecular weight excluding hydrogens is 216 g/mol. The van der Waals surface area contributed by atoms with Gasteiger partial charge < -0.3 is 5.11 Å². The van der Waals surface area contributed by atoms with Crippen LogP contribution in [-0.4, -0.2) is 55.4 Å². The molecule has 1 rings (SSSR count). The lowest BCUT2D eigenvalue weighted by molar-refractivity contribution is 0.242. The minimum Gasteiger partial charge on any atom is -0.395 e. The highest BCUT2D eigenvalue weighted by molar-refractivity contribution is 7.86. The van der Waals surface area contributed by atoms with Crippen molar-refractivity contribution >= 4 is 10.2 Å². The Kier molecular flexibility index (Phi) is 4.51. The topological polar surface area (TPSA) is 60.9 Å². The Balaban J connectivity index is 2.61. The third-order valence-electron chi connectivity index (χ3n) is 2.88. The Bertz CT molecular complexity index is 284. The van der Waals surface area contributed by atoms with E-state index >= 15 is 0 Å². The zero-order valence-electron chi connectivity index (χ0n) is 9.39. The van der Waals surface area contributed by atoms with Crippen molar-refractivity contribution in [3.63, 3.8) is 0 Å². The van der Waals surface area contributed by atoms with E-state index in [-0.39, 0.29) is 13.2 Å². The van der Waals surface area contributed by atoms with Gasteiger partial charge in [0.15, 0.2) is 0 Å². The summed E-state index contributed by atoms with van der Waals surface area (Å²) in [7, 11) is -1.84. The molecule has 0 atom stereocenters. The summed E-state index contributed by atoms with van der Waals surface area (Å²) in [5.41, 5.74) is 0. The van der Waals surface area contributed by atoms with Gasteiger partial charge in [0.1, 0.15) is 0 Å². The molecule has 0 amide bonds. The smallest absolute Gasteiger partial charge is 0.281 e. The fraction of sp³-hybridized carbons (Fsp3) is 1.00. The first-order valence-electron chi connectivity index (χ1n) is 5.30. The predicted molar refractivity (Wildman–Crippen MR) is 58.6 cm³/mol. The monoisotopic (exact) mass is 236 g/mol. The number of piperidine rings is 1. The summed E-state index contributed by atoms with van der Waals surface area (Å²) in [4.78, 5) is 0. The largest absolute Gasteiger partial charge is 0.395 e. The minimum absolute atomic E-state index is 0.139. The second-order valence-corrected chi connectivity index (χ2v) is 6.17. The molecule has 15 heavy (non-hydrogen) atoms. The second kappa shape index (κ2) is 5.25. The number of aliphatic hydroxyl groups excluding tert-OH is 1. The van der Waals surface area contributed by atoms with Gasteiger partial charge in [0.05, 0.1) is 6.61 Å². The van der Waals surface area contributed by atoms with E-state index in [1.807, 2.05) is 0 Å². The fourth-order valence-electron chi connectivity index (χ4n) is 1.67. The molecule has 0 aromatic rings. The standard InChI is InChI=1S/C9H20N2O3S/c1-9-3-5-11(6-4-9)15(13,14)10(2)7-8-12/h9,12H,3-8H2,1-2H3. The Morgan fingerprint density at radius 2 is 1.93 bits per heavy atom. The van der Waals surface area contributed by atoms with Crippen molar-refractivity contribution in [3.8, 4) is 0 Å². The molecule has 1 fully saturated rings. The van der Waals surface area contributed by atoms with Gasteiger partial charge in [-0.2, -0.15) is 17.0 Å². The van der Waals surface area contributed by atoms with Crippen LogP contribution in [0.3, 0.4) is 0 Å². The highest BCUT2D eigenvalue weighted by Crippen LogP contribution is 2.19. The molecule has 1 heterocycles. The van der Waals surface area contributed by atoms with Crippen molar-refractivity contribution in [3.05, 3.63) is 0 Å². The maximum absolute atomic E-state index is 11.9. The molecule has 1 N–H and O–H groups in total. The molecule has 5 nitrogen and oxygen atoms in total. The maximum Gasteiger partial charge on any atom is 0.281 e. The first-order chi connectivity index (χ1) is 6.98. The quantitative estimate of drug-likeness (QED) is 0.740. The van der Waals surface area contributed by atoms with Crippen LogP contribution in [0.15, 0.2) is 0 Å². The van der Waals surface area contributed by atoms with E-state index in [1.165, 1.54) is 15.7 Å². The van der Waals surface area contributed by atoms with Crippen LogP contribution in [0.2, 0.25) is 0 Å². The summed E-state index contributed by atoms with van der Waals surface area (Å²) in [5, 5.41) is 8.72. The minimum atomic E-state index is -3.34. The van der Waals surface area contributed by atoms with Gasteiger partial charge in [0, 0.05) is 26.7 Å².